The molecule has 1 amide bonds. The van der Waals surface area contributed by atoms with Gasteiger partial charge in [-0.25, -0.2) is 4.98 Å². The minimum Gasteiger partial charge on any atom is -0.379 e. The van der Waals surface area contributed by atoms with E-state index in [1.807, 2.05) is 43.1 Å². The smallest absolute Gasteiger partial charge is 0.379 e. The molecular formula is C32H36F6N4O2. The fourth-order valence-corrected chi connectivity index (χ4v) is 5.05. The second kappa shape index (κ2) is 12.8. The first-order valence-corrected chi connectivity index (χ1v) is 14.2. The minimum atomic E-state index is -5.03. The Labute approximate surface area is 253 Å². The lowest BCUT2D eigenvalue weighted by Gasteiger charge is -2.32. The number of morpholine rings is 1. The Morgan fingerprint density at radius 3 is 1.95 bits per heavy atom. The highest BCUT2D eigenvalue weighted by Gasteiger charge is 2.41. The van der Waals surface area contributed by atoms with Crippen LogP contribution in [0.5, 0.6) is 0 Å². The number of halogens is 6. The van der Waals surface area contributed by atoms with E-state index in [1.165, 1.54) is 25.8 Å². The quantitative estimate of drug-likeness (QED) is 0.259. The van der Waals surface area contributed by atoms with E-state index in [9.17, 15) is 31.1 Å². The van der Waals surface area contributed by atoms with Crippen molar-refractivity contribution in [1.29, 1.82) is 0 Å². The summed E-state index contributed by atoms with van der Waals surface area (Å²) in [5, 5.41) is 0. The number of benzene rings is 2. The summed E-state index contributed by atoms with van der Waals surface area (Å²) in [5.74, 6) is -0.0566. The molecule has 1 saturated heterocycles. The zero-order valence-corrected chi connectivity index (χ0v) is 25.3. The second-order valence-corrected chi connectivity index (χ2v) is 11.6. The Hall–Kier alpha value is -3.64. The topological polar surface area (TPSA) is 48.9 Å². The number of aryl methyl sites for hydroxylation is 1. The van der Waals surface area contributed by atoms with Crippen LogP contribution in [0.2, 0.25) is 0 Å². The van der Waals surface area contributed by atoms with E-state index in [-0.39, 0.29) is 6.07 Å². The van der Waals surface area contributed by atoms with Crippen LogP contribution in [0, 0.1) is 6.92 Å². The summed E-state index contributed by atoms with van der Waals surface area (Å²) in [6, 6.07) is 12.2. The van der Waals surface area contributed by atoms with Crippen LogP contribution in [0.1, 0.15) is 36.1 Å². The zero-order valence-electron chi connectivity index (χ0n) is 25.3. The molecule has 0 aliphatic carbocycles. The summed E-state index contributed by atoms with van der Waals surface area (Å²) >= 11 is 0. The standard InChI is InChI=1S/C32H36F6N4O2/c1-21-6-8-22(9-7-21)28-26(10-11-27(39-28)40(4)12-13-42-14-16-44-17-15-42)41(5)29(43)30(2,3)23-18-24(31(33,34)35)20-25(19-23)32(36,37)38/h6-11,18-20H,12-17H2,1-5H3. The first kappa shape index (κ1) is 33.3. The van der Waals surface area contributed by atoms with Crippen molar-refractivity contribution in [1.82, 2.24) is 9.88 Å². The van der Waals surface area contributed by atoms with Crippen LogP contribution in [0.25, 0.3) is 11.3 Å². The summed E-state index contributed by atoms with van der Waals surface area (Å²) < 4.78 is 87.0. The van der Waals surface area contributed by atoms with Crippen molar-refractivity contribution in [3.05, 3.63) is 76.9 Å². The lowest BCUT2D eigenvalue weighted by Crippen LogP contribution is -2.42. The first-order valence-electron chi connectivity index (χ1n) is 14.2. The lowest BCUT2D eigenvalue weighted by atomic mass is 9.81. The number of carbonyl (C=O) groups excluding carboxylic acids is 1. The molecule has 1 aromatic heterocycles. The number of aromatic nitrogens is 1. The van der Waals surface area contributed by atoms with Crippen molar-refractivity contribution in [2.45, 2.75) is 38.5 Å². The maximum Gasteiger partial charge on any atom is 0.416 e. The van der Waals surface area contributed by atoms with Gasteiger partial charge in [-0.1, -0.05) is 29.8 Å². The van der Waals surface area contributed by atoms with Crippen molar-refractivity contribution < 1.29 is 35.9 Å². The molecule has 1 fully saturated rings. The number of nitrogens with zero attached hydrogens (tertiary/aromatic N) is 4. The maximum atomic E-state index is 13.9. The van der Waals surface area contributed by atoms with Crippen LogP contribution < -0.4 is 9.80 Å². The first-order chi connectivity index (χ1) is 20.5. The molecular weight excluding hydrogens is 586 g/mol. The van der Waals surface area contributed by atoms with Gasteiger partial charge in [0, 0.05) is 45.8 Å². The summed E-state index contributed by atoms with van der Waals surface area (Å²) in [4.78, 5) is 24.3. The van der Waals surface area contributed by atoms with Crippen molar-refractivity contribution in [2.75, 3.05) is 63.3 Å². The third-order valence-electron chi connectivity index (χ3n) is 7.94. The normalized spacial score (nSPS) is 14.9. The predicted octanol–water partition coefficient (Wildman–Crippen LogP) is 6.80. The lowest BCUT2D eigenvalue weighted by molar-refractivity contribution is -0.143. The van der Waals surface area contributed by atoms with Crippen molar-refractivity contribution >= 4 is 17.4 Å². The third-order valence-corrected chi connectivity index (χ3v) is 7.94. The van der Waals surface area contributed by atoms with Gasteiger partial charge in [0.25, 0.3) is 0 Å². The summed E-state index contributed by atoms with van der Waals surface area (Å²) in [7, 11) is 3.35. The Morgan fingerprint density at radius 1 is 0.864 bits per heavy atom. The average Bonchev–Trinajstić information content (AvgIpc) is 2.98. The predicted molar refractivity (Wildman–Crippen MR) is 158 cm³/mol. The Morgan fingerprint density at radius 2 is 1.41 bits per heavy atom. The van der Waals surface area contributed by atoms with Gasteiger partial charge in [-0.2, -0.15) is 26.3 Å². The van der Waals surface area contributed by atoms with Gasteiger partial charge >= 0.3 is 12.4 Å². The minimum absolute atomic E-state index is 0.0570. The molecule has 3 aromatic rings. The van der Waals surface area contributed by atoms with Crippen LogP contribution >= 0.6 is 0 Å². The highest BCUT2D eigenvalue weighted by atomic mass is 19.4. The number of pyridine rings is 1. The molecule has 2 heterocycles. The largest absolute Gasteiger partial charge is 0.416 e. The Bertz CT molecular complexity index is 1430. The van der Waals surface area contributed by atoms with Crippen LogP contribution in [0.15, 0.2) is 54.6 Å². The SMILES string of the molecule is Cc1ccc(-c2nc(N(C)CCN3CCOCC3)ccc2N(C)C(=O)C(C)(C)c2cc(C(F)(F)F)cc(C(F)(F)F)c2)cc1. The van der Waals surface area contributed by atoms with E-state index in [0.717, 1.165) is 25.2 Å². The van der Waals surface area contributed by atoms with Gasteiger partial charge < -0.3 is 14.5 Å². The van der Waals surface area contributed by atoms with Crippen LogP contribution in [-0.2, 0) is 27.3 Å². The number of hydrogen-bond acceptors (Lipinski definition) is 5. The van der Waals surface area contributed by atoms with Crippen LogP contribution in [0.4, 0.5) is 37.8 Å². The Balaban J connectivity index is 1.71. The molecule has 44 heavy (non-hydrogen) atoms. The molecule has 0 radical (unpaired) electrons. The number of anilines is 2. The van der Waals surface area contributed by atoms with E-state index in [4.69, 9.17) is 9.72 Å². The fourth-order valence-electron chi connectivity index (χ4n) is 5.05. The van der Waals surface area contributed by atoms with E-state index < -0.39 is 40.4 Å². The van der Waals surface area contributed by atoms with Crippen molar-refractivity contribution in [3.8, 4) is 11.3 Å². The molecule has 1 aliphatic rings. The fraction of sp³-hybridized carbons (Fsp3) is 0.438. The van der Waals surface area contributed by atoms with E-state index in [0.29, 0.717) is 54.7 Å². The number of likely N-dealkylation sites (N-methyl/N-ethyl adjacent to an activating group) is 2. The van der Waals surface area contributed by atoms with Crippen LogP contribution in [0.3, 0.4) is 0 Å². The monoisotopic (exact) mass is 622 g/mol. The number of ether oxygens (including phenoxy) is 1. The average molecular weight is 623 g/mol. The molecule has 0 N–H and O–H groups in total. The molecule has 0 saturated carbocycles. The van der Waals surface area contributed by atoms with Crippen molar-refractivity contribution in [3.63, 3.8) is 0 Å². The van der Waals surface area contributed by atoms with Gasteiger partial charge in [0.05, 0.1) is 41.1 Å². The van der Waals surface area contributed by atoms with Gasteiger partial charge in [0.1, 0.15) is 5.82 Å². The number of alkyl halides is 6. The van der Waals surface area contributed by atoms with E-state index >= 15 is 0 Å². The van der Waals surface area contributed by atoms with Crippen molar-refractivity contribution in [2.24, 2.45) is 0 Å². The molecule has 0 atom stereocenters. The molecule has 0 spiro atoms. The molecule has 12 heteroatoms. The third kappa shape index (κ3) is 7.52. The molecule has 6 nitrogen and oxygen atoms in total. The molecule has 0 bridgehead atoms. The van der Waals surface area contributed by atoms with Gasteiger partial charge in [0.15, 0.2) is 0 Å². The maximum absolute atomic E-state index is 13.9. The molecule has 1 aliphatic heterocycles. The number of hydrogen-bond donors (Lipinski definition) is 0. The highest BCUT2D eigenvalue weighted by Crippen LogP contribution is 2.40. The Kier molecular flexibility index (Phi) is 9.65. The summed E-state index contributed by atoms with van der Waals surface area (Å²) in [6.07, 6.45) is -10.1. The number of amides is 1. The number of carbonyl (C=O) groups is 1. The number of rotatable bonds is 8. The van der Waals surface area contributed by atoms with Gasteiger partial charge in [-0.3, -0.25) is 9.69 Å². The molecule has 2 aromatic carbocycles. The molecule has 238 valence electrons. The van der Waals surface area contributed by atoms with E-state index in [1.54, 1.807) is 12.1 Å². The summed E-state index contributed by atoms with van der Waals surface area (Å²) in [6.45, 7) is 9.08. The van der Waals surface area contributed by atoms with Gasteiger partial charge in [-0.05, 0) is 56.7 Å². The van der Waals surface area contributed by atoms with E-state index in [2.05, 4.69) is 4.90 Å². The summed E-state index contributed by atoms with van der Waals surface area (Å²) in [5.41, 5.74) is -2.59. The highest BCUT2D eigenvalue weighted by molar-refractivity contribution is 6.02. The molecule has 4 rings (SSSR count). The zero-order chi connectivity index (χ0) is 32.4. The van der Waals surface area contributed by atoms with Gasteiger partial charge in [0.2, 0.25) is 5.91 Å². The molecule has 0 unspecified atom stereocenters. The van der Waals surface area contributed by atoms with Crippen LogP contribution in [-0.4, -0.2) is 69.3 Å². The van der Waals surface area contributed by atoms with Gasteiger partial charge in [-0.15, -0.1) is 0 Å². The second-order valence-electron chi connectivity index (χ2n) is 11.6.